The number of rotatable bonds is 12. The van der Waals surface area contributed by atoms with E-state index in [2.05, 4.69) is 13.8 Å². The average Bonchev–Trinajstić information content (AvgIpc) is 2.38. The molecule has 1 N–H and O–H groups in total. The van der Waals surface area contributed by atoms with Crippen molar-refractivity contribution < 1.29 is 19.5 Å². The summed E-state index contributed by atoms with van der Waals surface area (Å²) in [7, 11) is 0. The van der Waals surface area contributed by atoms with Gasteiger partial charge in [0, 0.05) is 25.9 Å². The van der Waals surface area contributed by atoms with Gasteiger partial charge in [0.15, 0.2) is 0 Å². The van der Waals surface area contributed by atoms with Gasteiger partial charge in [-0.15, -0.1) is 0 Å². The summed E-state index contributed by atoms with van der Waals surface area (Å²) in [5.74, 6) is -1.18. The van der Waals surface area contributed by atoms with Gasteiger partial charge in [-0.25, -0.2) is 0 Å². The molecule has 0 radical (unpaired) electrons. The Morgan fingerprint density at radius 2 is 1.45 bits per heavy atom. The molecular formula is C15H27NO4. The largest absolute Gasteiger partial charge is 0.481 e. The number of amides is 1. The molecule has 5 nitrogen and oxygen atoms in total. The highest BCUT2D eigenvalue weighted by atomic mass is 16.4. The summed E-state index contributed by atoms with van der Waals surface area (Å²) in [4.78, 5) is 35.8. The maximum Gasteiger partial charge on any atom is 0.303 e. The summed E-state index contributed by atoms with van der Waals surface area (Å²) in [5, 5.41) is 8.50. The molecule has 0 fully saturated rings. The molecule has 1 amide bonds. The van der Waals surface area contributed by atoms with Crippen LogP contribution in [0.2, 0.25) is 0 Å². The number of carboxylic acid groups (broad SMARTS) is 1. The minimum atomic E-state index is -0.906. The molecule has 0 unspecified atom stereocenters. The lowest BCUT2D eigenvalue weighted by molar-refractivity contribution is -0.137. The third-order valence-corrected chi connectivity index (χ3v) is 3.11. The fourth-order valence-corrected chi connectivity index (χ4v) is 1.86. The summed E-state index contributed by atoms with van der Waals surface area (Å²) in [6, 6.07) is 0. The highest BCUT2D eigenvalue weighted by Crippen LogP contribution is 2.06. The van der Waals surface area contributed by atoms with Crippen LogP contribution in [-0.4, -0.2) is 40.8 Å². The van der Waals surface area contributed by atoms with Gasteiger partial charge in [-0.1, -0.05) is 26.7 Å². The first-order valence-electron chi connectivity index (χ1n) is 7.52. The highest BCUT2D eigenvalue weighted by Gasteiger charge is 2.16. The minimum Gasteiger partial charge on any atom is -0.481 e. The number of carbonyl (C=O) groups excluding carboxylic acids is 2. The van der Waals surface area contributed by atoms with Gasteiger partial charge in [0.05, 0.1) is 6.42 Å². The zero-order valence-electron chi connectivity index (χ0n) is 12.7. The zero-order chi connectivity index (χ0) is 15.4. The predicted molar refractivity (Wildman–Crippen MR) is 77.5 cm³/mol. The van der Waals surface area contributed by atoms with Crippen LogP contribution in [0.4, 0.5) is 0 Å². The van der Waals surface area contributed by atoms with Crippen molar-refractivity contribution in [2.24, 2.45) is 0 Å². The van der Waals surface area contributed by atoms with Crippen LogP contribution in [0.15, 0.2) is 0 Å². The summed E-state index contributed by atoms with van der Waals surface area (Å²) in [6.07, 6.45) is 4.30. The molecule has 20 heavy (non-hydrogen) atoms. The molecule has 0 aromatic heterocycles. The van der Waals surface area contributed by atoms with E-state index in [1.165, 1.54) is 0 Å². The molecule has 0 rings (SSSR count). The fourth-order valence-electron chi connectivity index (χ4n) is 1.86. The minimum absolute atomic E-state index is 0.0185. The van der Waals surface area contributed by atoms with Crippen molar-refractivity contribution in [3.63, 3.8) is 0 Å². The second-order valence-electron chi connectivity index (χ2n) is 5.05. The van der Waals surface area contributed by atoms with Crippen LogP contribution >= 0.6 is 0 Å². The maximum absolute atomic E-state index is 12.1. The van der Waals surface area contributed by atoms with E-state index in [0.717, 1.165) is 25.7 Å². The van der Waals surface area contributed by atoms with Crippen molar-refractivity contribution in [2.45, 2.75) is 65.2 Å². The molecule has 0 saturated carbocycles. The Morgan fingerprint density at radius 3 is 1.90 bits per heavy atom. The quantitative estimate of drug-likeness (QED) is 0.559. The number of ketones is 1. The van der Waals surface area contributed by atoms with Gasteiger partial charge < -0.3 is 10.0 Å². The Hall–Kier alpha value is -1.39. The lowest BCUT2D eigenvalue weighted by Gasteiger charge is -2.22. The van der Waals surface area contributed by atoms with Crippen LogP contribution in [0.3, 0.4) is 0 Å². The first-order chi connectivity index (χ1) is 9.51. The van der Waals surface area contributed by atoms with Gasteiger partial charge >= 0.3 is 5.97 Å². The van der Waals surface area contributed by atoms with E-state index in [-0.39, 0.29) is 31.0 Å². The maximum atomic E-state index is 12.1. The van der Waals surface area contributed by atoms with Crippen LogP contribution in [0.1, 0.15) is 65.2 Å². The Bertz CT molecular complexity index is 307. The molecule has 0 aliphatic carbocycles. The molecule has 0 aromatic carbocycles. The lowest BCUT2D eigenvalue weighted by atomic mass is 10.1. The van der Waals surface area contributed by atoms with E-state index in [1.807, 2.05) is 0 Å². The van der Waals surface area contributed by atoms with Crippen LogP contribution < -0.4 is 0 Å². The number of hydrogen-bond donors (Lipinski definition) is 1. The third-order valence-electron chi connectivity index (χ3n) is 3.11. The third kappa shape index (κ3) is 9.53. The molecule has 0 aliphatic rings. The van der Waals surface area contributed by atoms with E-state index in [4.69, 9.17) is 5.11 Å². The number of aliphatic carboxylic acids is 1. The van der Waals surface area contributed by atoms with Gasteiger partial charge in [0.25, 0.3) is 0 Å². The smallest absolute Gasteiger partial charge is 0.303 e. The van der Waals surface area contributed by atoms with Crippen molar-refractivity contribution in [3.8, 4) is 0 Å². The predicted octanol–water partition coefficient (Wildman–Crippen LogP) is 2.63. The molecule has 5 heteroatoms. The summed E-state index contributed by atoms with van der Waals surface area (Å²) in [6.45, 7) is 5.55. The summed E-state index contributed by atoms with van der Waals surface area (Å²) < 4.78 is 0. The van der Waals surface area contributed by atoms with Crippen LogP contribution in [-0.2, 0) is 14.4 Å². The molecule has 0 saturated heterocycles. The van der Waals surface area contributed by atoms with Gasteiger partial charge in [0.1, 0.15) is 5.78 Å². The van der Waals surface area contributed by atoms with Gasteiger partial charge in [-0.3, -0.25) is 14.4 Å². The molecule has 0 aliphatic heterocycles. The monoisotopic (exact) mass is 285 g/mol. The van der Waals surface area contributed by atoms with E-state index in [9.17, 15) is 14.4 Å². The first kappa shape index (κ1) is 18.6. The molecule has 0 bridgehead atoms. The van der Waals surface area contributed by atoms with Gasteiger partial charge in [-0.2, -0.15) is 0 Å². The van der Waals surface area contributed by atoms with E-state index in [1.54, 1.807) is 4.90 Å². The van der Waals surface area contributed by atoms with Gasteiger partial charge in [-0.05, 0) is 19.3 Å². The number of carbonyl (C=O) groups is 3. The second-order valence-corrected chi connectivity index (χ2v) is 5.05. The zero-order valence-corrected chi connectivity index (χ0v) is 12.7. The standard InChI is InChI=1S/C15H27NO4/c1-3-5-10-16(11-6-4-2)14(18)12-13(17)8-7-9-15(19)20/h3-12H2,1-2H3,(H,19,20). The van der Waals surface area contributed by atoms with Gasteiger partial charge in [0.2, 0.25) is 5.91 Å². The highest BCUT2D eigenvalue weighted by molar-refractivity contribution is 5.98. The van der Waals surface area contributed by atoms with E-state index in [0.29, 0.717) is 19.5 Å². The molecule has 116 valence electrons. The SMILES string of the molecule is CCCCN(CCCC)C(=O)CC(=O)CCCC(=O)O. The average molecular weight is 285 g/mol. The molecule has 0 spiro atoms. The fraction of sp³-hybridized carbons (Fsp3) is 0.800. The number of hydrogen-bond acceptors (Lipinski definition) is 3. The summed E-state index contributed by atoms with van der Waals surface area (Å²) in [5.41, 5.74) is 0. The van der Waals surface area contributed by atoms with E-state index >= 15 is 0 Å². The first-order valence-corrected chi connectivity index (χ1v) is 7.52. The summed E-state index contributed by atoms with van der Waals surface area (Å²) >= 11 is 0. The number of unbranched alkanes of at least 4 members (excludes halogenated alkanes) is 2. The Morgan fingerprint density at radius 1 is 0.900 bits per heavy atom. The number of Topliss-reactive ketones (excluding diaryl/α,β-unsaturated/α-hetero) is 1. The Balaban J connectivity index is 4.14. The topological polar surface area (TPSA) is 74.7 Å². The van der Waals surface area contributed by atoms with Crippen molar-refractivity contribution in [1.82, 2.24) is 4.90 Å². The van der Waals surface area contributed by atoms with Crippen molar-refractivity contribution in [2.75, 3.05) is 13.1 Å². The molecule has 0 atom stereocenters. The van der Waals surface area contributed by atoms with Crippen LogP contribution in [0.25, 0.3) is 0 Å². The number of carboxylic acids is 1. The second kappa shape index (κ2) is 11.4. The Labute approximate surface area is 121 Å². The van der Waals surface area contributed by atoms with Crippen molar-refractivity contribution in [1.29, 1.82) is 0 Å². The normalized spacial score (nSPS) is 10.3. The molecular weight excluding hydrogens is 258 g/mol. The lowest BCUT2D eigenvalue weighted by Crippen LogP contribution is -2.34. The van der Waals surface area contributed by atoms with Crippen LogP contribution in [0, 0.1) is 0 Å². The van der Waals surface area contributed by atoms with E-state index < -0.39 is 5.97 Å². The van der Waals surface area contributed by atoms with Crippen molar-refractivity contribution >= 4 is 17.7 Å². The molecule has 0 heterocycles. The van der Waals surface area contributed by atoms with Crippen molar-refractivity contribution in [3.05, 3.63) is 0 Å². The molecule has 0 aromatic rings. The Kier molecular flexibility index (Phi) is 10.6. The number of nitrogens with zero attached hydrogens (tertiary/aromatic N) is 1. The van der Waals surface area contributed by atoms with Crippen LogP contribution in [0.5, 0.6) is 0 Å².